The van der Waals surface area contributed by atoms with Crippen LogP contribution in [0.25, 0.3) is 0 Å². The summed E-state index contributed by atoms with van der Waals surface area (Å²) >= 11 is 0. The number of piperidine rings is 1. The van der Waals surface area contributed by atoms with Crippen LogP contribution >= 0.6 is 0 Å². The maximum atomic E-state index is 12.5. The lowest BCUT2D eigenvalue weighted by atomic mass is 9.76. The molecule has 1 atom stereocenters. The van der Waals surface area contributed by atoms with E-state index in [1.54, 1.807) is 0 Å². The second kappa shape index (κ2) is 8.13. The minimum Gasteiger partial charge on any atom is -0.467 e. The second-order valence-corrected chi connectivity index (χ2v) is 7.57. The van der Waals surface area contributed by atoms with Gasteiger partial charge in [0.2, 0.25) is 5.91 Å². The van der Waals surface area contributed by atoms with Crippen LogP contribution in [0, 0.1) is 17.8 Å². The Labute approximate surface area is 139 Å². The van der Waals surface area contributed by atoms with Crippen LogP contribution in [0.3, 0.4) is 0 Å². The second-order valence-electron chi connectivity index (χ2n) is 7.57. The van der Waals surface area contributed by atoms with Crippen LogP contribution in [0.5, 0.6) is 0 Å². The van der Waals surface area contributed by atoms with Crippen LogP contribution in [-0.2, 0) is 14.3 Å². The van der Waals surface area contributed by atoms with Crippen molar-refractivity contribution >= 4 is 11.9 Å². The minimum atomic E-state index is -0.799. The Morgan fingerprint density at radius 2 is 1.83 bits per heavy atom. The van der Waals surface area contributed by atoms with Gasteiger partial charge in [-0.1, -0.05) is 13.8 Å². The van der Waals surface area contributed by atoms with Crippen molar-refractivity contribution in [1.29, 1.82) is 0 Å². The Hall–Kier alpha value is -1.10. The van der Waals surface area contributed by atoms with E-state index < -0.39 is 5.54 Å². The molecule has 2 fully saturated rings. The molecule has 0 aromatic rings. The molecule has 23 heavy (non-hydrogen) atoms. The Bertz CT molecular complexity index is 410. The first-order chi connectivity index (χ1) is 11.0. The third-order valence-corrected chi connectivity index (χ3v) is 5.78. The monoisotopic (exact) mass is 324 g/mol. The van der Waals surface area contributed by atoms with Gasteiger partial charge in [0.15, 0.2) is 0 Å². The van der Waals surface area contributed by atoms with E-state index in [1.165, 1.54) is 7.11 Å². The zero-order chi connectivity index (χ0) is 16.9. The Morgan fingerprint density at radius 3 is 2.39 bits per heavy atom. The van der Waals surface area contributed by atoms with Gasteiger partial charge < -0.3 is 15.4 Å². The van der Waals surface area contributed by atoms with Gasteiger partial charge in [0.05, 0.1) is 7.11 Å². The minimum absolute atomic E-state index is 0.00372. The molecule has 2 rings (SSSR count). The number of hydrogen-bond acceptors (Lipinski definition) is 4. The lowest BCUT2D eigenvalue weighted by molar-refractivity contribution is -0.153. The summed E-state index contributed by atoms with van der Waals surface area (Å²) in [5.74, 6) is 1.28. The van der Waals surface area contributed by atoms with Crippen LogP contribution in [0.2, 0.25) is 0 Å². The summed E-state index contributed by atoms with van der Waals surface area (Å²) in [5.41, 5.74) is -0.799. The fourth-order valence-electron chi connectivity index (χ4n) is 4.02. The molecule has 0 spiro atoms. The van der Waals surface area contributed by atoms with Crippen LogP contribution in [0.4, 0.5) is 0 Å². The molecular formula is C18H32N2O3. The smallest absolute Gasteiger partial charge is 0.331 e. The SMILES string of the molecule is COC(=O)C1(NC(=O)CC(C)C2CCNCC2)CCC(C)CC1. The molecule has 2 aliphatic rings. The normalized spacial score (nSPS) is 30.5. The molecule has 1 aliphatic carbocycles. The fraction of sp³-hybridized carbons (Fsp3) is 0.889. The number of esters is 1. The van der Waals surface area contributed by atoms with E-state index >= 15 is 0 Å². The number of rotatable bonds is 5. The Kier molecular flexibility index (Phi) is 6.45. The van der Waals surface area contributed by atoms with Gasteiger partial charge in [-0.2, -0.15) is 0 Å². The van der Waals surface area contributed by atoms with Gasteiger partial charge in [0.25, 0.3) is 0 Å². The number of hydrogen-bond donors (Lipinski definition) is 2. The van der Waals surface area contributed by atoms with E-state index in [2.05, 4.69) is 24.5 Å². The molecule has 0 aromatic carbocycles. The van der Waals surface area contributed by atoms with E-state index in [9.17, 15) is 9.59 Å². The van der Waals surface area contributed by atoms with Crippen molar-refractivity contribution in [3.8, 4) is 0 Å². The highest BCUT2D eigenvalue weighted by Crippen LogP contribution is 2.33. The zero-order valence-electron chi connectivity index (χ0n) is 14.8. The number of methoxy groups -OCH3 is 1. The number of ether oxygens (including phenoxy) is 1. The van der Waals surface area contributed by atoms with Gasteiger partial charge in [0.1, 0.15) is 5.54 Å². The first-order valence-corrected chi connectivity index (χ1v) is 9.07. The van der Waals surface area contributed by atoms with Gasteiger partial charge >= 0.3 is 5.97 Å². The standard InChI is InChI=1S/C18H32N2O3/c1-13-4-8-18(9-5-13,17(22)23-3)20-16(21)12-14(2)15-6-10-19-11-7-15/h13-15,19H,4-12H2,1-3H3,(H,20,21). The van der Waals surface area contributed by atoms with E-state index in [-0.39, 0.29) is 11.9 Å². The van der Waals surface area contributed by atoms with E-state index in [1.807, 2.05) is 0 Å². The van der Waals surface area contributed by atoms with Crippen molar-refractivity contribution in [3.63, 3.8) is 0 Å². The molecular weight excluding hydrogens is 292 g/mol. The molecule has 1 heterocycles. The molecule has 132 valence electrons. The molecule has 1 amide bonds. The zero-order valence-corrected chi connectivity index (χ0v) is 14.8. The van der Waals surface area contributed by atoms with Crippen molar-refractivity contribution in [3.05, 3.63) is 0 Å². The predicted molar refractivity (Wildman–Crippen MR) is 89.9 cm³/mol. The van der Waals surface area contributed by atoms with Gasteiger partial charge in [-0.25, -0.2) is 4.79 Å². The van der Waals surface area contributed by atoms with E-state index in [4.69, 9.17) is 4.74 Å². The molecule has 1 saturated heterocycles. The third-order valence-electron chi connectivity index (χ3n) is 5.78. The summed E-state index contributed by atoms with van der Waals surface area (Å²) in [7, 11) is 1.41. The summed E-state index contributed by atoms with van der Waals surface area (Å²) < 4.78 is 4.99. The van der Waals surface area contributed by atoms with Crippen LogP contribution in [0.15, 0.2) is 0 Å². The molecule has 1 unspecified atom stereocenters. The van der Waals surface area contributed by atoms with Crippen LogP contribution in [-0.4, -0.2) is 37.6 Å². The molecule has 1 aliphatic heterocycles. The number of carbonyl (C=O) groups excluding carboxylic acids is 2. The van der Waals surface area contributed by atoms with Gasteiger partial charge in [-0.05, 0) is 69.4 Å². The lowest BCUT2D eigenvalue weighted by Crippen LogP contribution is -2.57. The van der Waals surface area contributed by atoms with Gasteiger partial charge in [0, 0.05) is 6.42 Å². The fourth-order valence-corrected chi connectivity index (χ4v) is 4.02. The van der Waals surface area contributed by atoms with Crippen molar-refractivity contribution in [2.24, 2.45) is 17.8 Å². The maximum absolute atomic E-state index is 12.5. The maximum Gasteiger partial charge on any atom is 0.331 e. The van der Waals surface area contributed by atoms with E-state index in [0.717, 1.165) is 38.8 Å². The van der Waals surface area contributed by atoms with Crippen molar-refractivity contribution in [2.75, 3.05) is 20.2 Å². The molecule has 0 bridgehead atoms. The summed E-state index contributed by atoms with van der Waals surface area (Å²) in [4.78, 5) is 24.8. The van der Waals surface area contributed by atoms with E-state index in [0.29, 0.717) is 37.0 Å². The van der Waals surface area contributed by atoms with Crippen molar-refractivity contribution < 1.29 is 14.3 Å². The summed E-state index contributed by atoms with van der Waals surface area (Å²) in [6.45, 7) is 6.44. The molecule has 0 aromatic heterocycles. The third kappa shape index (κ3) is 4.69. The highest BCUT2D eigenvalue weighted by Gasteiger charge is 2.43. The van der Waals surface area contributed by atoms with Crippen LogP contribution in [0.1, 0.15) is 58.8 Å². The Balaban J connectivity index is 1.93. The molecule has 5 nitrogen and oxygen atoms in total. The Morgan fingerprint density at radius 1 is 1.22 bits per heavy atom. The topological polar surface area (TPSA) is 67.4 Å². The summed E-state index contributed by atoms with van der Waals surface area (Å²) in [5, 5.41) is 6.40. The van der Waals surface area contributed by atoms with Gasteiger partial charge in [-0.15, -0.1) is 0 Å². The number of carbonyl (C=O) groups is 2. The highest BCUT2D eigenvalue weighted by atomic mass is 16.5. The molecule has 2 N–H and O–H groups in total. The molecule has 5 heteroatoms. The first-order valence-electron chi connectivity index (χ1n) is 9.07. The highest BCUT2D eigenvalue weighted by molar-refractivity contribution is 5.88. The largest absolute Gasteiger partial charge is 0.467 e. The van der Waals surface area contributed by atoms with Crippen molar-refractivity contribution in [1.82, 2.24) is 10.6 Å². The number of nitrogens with one attached hydrogen (secondary N) is 2. The van der Waals surface area contributed by atoms with Crippen LogP contribution < -0.4 is 10.6 Å². The molecule has 1 saturated carbocycles. The quantitative estimate of drug-likeness (QED) is 0.761. The summed E-state index contributed by atoms with van der Waals surface area (Å²) in [6.07, 6.45) is 6.06. The first kappa shape index (κ1) is 18.2. The van der Waals surface area contributed by atoms with Gasteiger partial charge in [-0.3, -0.25) is 4.79 Å². The lowest BCUT2D eigenvalue weighted by Gasteiger charge is -2.38. The predicted octanol–water partition coefficient (Wildman–Crippen LogP) is 2.25. The summed E-state index contributed by atoms with van der Waals surface area (Å²) in [6, 6.07) is 0. The number of amides is 1. The van der Waals surface area contributed by atoms with Crippen molar-refractivity contribution in [2.45, 2.75) is 64.3 Å². The average Bonchev–Trinajstić information content (AvgIpc) is 2.57. The molecule has 0 radical (unpaired) electrons. The average molecular weight is 324 g/mol.